The first kappa shape index (κ1) is 19.7. The number of rotatable bonds is 5. The van der Waals surface area contributed by atoms with Crippen molar-refractivity contribution in [3.63, 3.8) is 0 Å². The number of aryl methyl sites for hydroxylation is 1. The fourth-order valence-electron chi connectivity index (χ4n) is 4.12. The van der Waals surface area contributed by atoms with Crippen molar-refractivity contribution in [2.75, 3.05) is 0 Å². The molecule has 0 bridgehead atoms. The Kier molecular flexibility index (Phi) is 5.05. The van der Waals surface area contributed by atoms with Crippen molar-refractivity contribution < 1.29 is 14.3 Å². The van der Waals surface area contributed by atoms with E-state index in [-0.39, 0.29) is 12.4 Å². The molecule has 1 heterocycles. The molecule has 2 atom stereocenters. The fourth-order valence-corrected chi connectivity index (χ4v) is 4.12. The zero-order valence-electron chi connectivity index (χ0n) is 17.1. The third-order valence-corrected chi connectivity index (χ3v) is 5.94. The predicted molar refractivity (Wildman–Crippen MR) is 114 cm³/mol. The summed E-state index contributed by atoms with van der Waals surface area (Å²) in [5.74, 6) is 1.01. The monoisotopic (exact) mass is 397 g/mol. The van der Waals surface area contributed by atoms with E-state index < -0.39 is 11.0 Å². The minimum atomic E-state index is -1.40. The van der Waals surface area contributed by atoms with Crippen LogP contribution in [0.3, 0.4) is 0 Å². The first-order valence-electron chi connectivity index (χ1n) is 10.1. The van der Waals surface area contributed by atoms with Crippen molar-refractivity contribution in [3.05, 3.63) is 95.6 Å². The Morgan fingerprint density at radius 2 is 1.53 bits per heavy atom. The van der Waals surface area contributed by atoms with E-state index in [2.05, 4.69) is 13.0 Å². The van der Waals surface area contributed by atoms with Gasteiger partial charge in [0.05, 0.1) is 11.8 Å². The Balaban J connectivity index is 1.71. The maximum Gasteiger partial charge on any atom is 0.308 e. The summed E-state index contributed by atoms with van der Waals surface area (Å²) in [5, 5.41) is 10.2. The molecule has 3 aromatic carbocycles. The van der Waals surface area contributed by atoms with Crippen LogP contribution < -0.4 is 4.74 Å². The molecule has 1 aliphatic rings. The van der Waals surface area contributed by atoms with Gasteiger partial charge in [0.2, 0.25) is 5.60 Å². The topological polar surface area (TPSA) is 59.3 Å². The lowest BCUT2D eigenvalue weighted by atomic mass is 9.66. The van der Waals surface area contributed by atoms with Crippen molar-refractivity contribution in [2.24, 2.45) is 0 Å². The van der Waals surface area contributed by atoms with E-state index in [9.17, 15) is 10.1 Å². The molecule has 0 radical (unpaired) electrons. The van der Waals surface area contributed by atoms with Gasteiger partial charge in [-0.3, -0.25) is 4.79 Å². The quantitative estimate of drug-likeness (QED) is 0.521. The van der Waals surface area contributed by atoms with Gasteiger partial charge in [-0.1, -0.05) is 61.5 Å². The first-order valence-corrected chi connectivity index (χ1v) is 10.1. The number of nitrogens with zero attached hydrogens (tertiary/aromatic N) is 1. The second-order valence-corrected chi connectivity index (χ2v) is 7.77. The average Bonchev–Trinajstić information content (AvgIpc) is 3.06. The molecule has 4 nitrogen and oxygen atoms in total. The van der Waals surface area contributed by atoms with Crippen LogP contribution in [0.25, 0.3) is 0 Å². The van der Waals surface area contributed by atoms with Gasteiger partial charge in [0, 0.05) is 5.56 Å². The third kappa shape index (κ3) is 3.23. The number of hydrogen-bond donors (Lipinski definition) is 0. The van der Waals surface area contributed by atoms with Crippen LogP contribution in [0.2, 0.25) is 0 Å². The molecule has 0 N–H and O–H groups in total. The molecule has 4 rings (SSSR count). The predicted octanol–water partition coefficient (Wildman–Crippen LogP) is 5.66. The van der Waals surface area contributed by atoms with Gasteiger partial charge in [-0.05, 0) is 48.7 Å². The fraction of sp³-hybridized carbons (Fsp3) is 0.231. The first-order chi connectivity index (χ1) is 14.5. The van der Waals surface area contributed by atoms with Gasteiger partial charge in [-0.15, -0.1) is 0 Å². The SMILES string of the molecule is CCc1ccc([C@]2(C)CC(=O)O[C@@]2(C#N)c2ccc(Oc3ccccc3)cc2)cc1. The molecular weight excluding hydrogens is 374 g/mol. The Morgan fingerprint density at radius 1 is 0.933 bits per heavy atom. The number of esters is 1. The molecule has 0 spiro atoms. The van der Waals surface area contributed by atoms with Gasteiger partial charge >= 0.3 is 5.97 Å². The lowest BCUT2D eigenvalue weighted by Gasteiger charge is -2.36. The highest BCUT2D eigenvalue weighted by Crippen LogP contribution is 2.52. The molecule has 0 amide bonds. The van der Waals surface area contributed by atoms with Gasteiger partial charge in [0.1, 0.15) is 17.6 Å². The molecule has 30 heavy (non-hydrogen) atoms. The van der Waals surface area contributed by atoms with Gasteiger partial charge < -0.3 is 9.47 Å². The molecule has 0 unspecified atom stereocenters. The molecule has 150 valence electrons. The summed E-state index contributed by atoms with van der Waals surface area (Å²) in [6.07, 6.45) is 1.08. The van der Waals surface area contributed by atoms with Gasteiger partial charge in [-0.2, -0.15) is 5.26 Å². The van der Waals surface area contributed by atoms with Crippen molar-refractivity contribution in [3.8, 4) is 17.6 Å². The van der Waals surface area contributed by atoms with Crippen LogP contribution in [0.1, 0.15) is 37.0 Å². The summed E-state index contributed by atoms with van der Waals surface area (Å²) in [7, 11) is 0. The van der Waals surface area contributed by atoms with Crippen LogP contribution in [0.4, 0.5) is 0 Å². The van der Waals surface area contributed by atoms with Gasteiger partial charge in [0.15, 0.2) is 0 Å². The van der Waals surface area contributed by atoms with Crippen molar-refractivity contribution in [1.82, 2.24) is 0 Å². The lowest BCUT2D eigenvalue weighted by molar-refractivity contribution is -0.146. The number of carbonyl (C=O) groups excluding carboxylic acids is 1. The standard InChI is InChI=1S/C26H23NO3/c1-3-19-9-11-20(12-10-19)25(2)17-24(28)30-26(25,18-27)21-13-15-23(16-14-21)29-22-7-5-4-6-8-22/h4-16H,3,17H2,1-2H3/t25-,26-/m0/s1. The molecule has 1 aliphatic heterocycles. The van der Waals surface area contributed by atoms with Crippen LogP contribution in [-0.4, -0.2) is 5.97 Å². The molecule has 1 fully saturated rings. The van der Waals surface area contributed by atoms with Crippen LogP contribution in [0.5, 0.6) is 11.5 Å². The highest BCUT2D eigenvalue weighted by molar-refractivity contribution is 5.77. The van der Waals surface area contributed by atoms with E-state index in [0.717, 1.165) is 17.7 Å². The summed E-state index contributed by atoms with van der Waals surface area (Å²) in [4.78, 5) is 12.4. The molecule has 0 aromatic heterocycles. The highest BCUT2D eigenvalue weighted by Gasteiger charge is 2.60. The summed E-state index contributed by atoms with van der Waals surface area (Å²) >= 11 is 0. The third-order valence-electron chi connectivity index (χ3n) is 5.94. The molecule has 0 saturated carbocycles. The van der Waals surface area contributed by atoms with Crippen molar-refractivity contribution in [1.29, 1.82) is 5.26 Å². The summed E-state index contributed by atoms with van der Waals surface area (Å²) in [6.45, 7) is 4.02. The smallest absolute Gasteiger partial charge is 0.308 e. The zero-order valence-corrected chi connectivity index (χ0v) is 17.1. The number of carbonyl (C=O) groups is 1. The van der Waals surface area contributed by atoms with E-state index in [0.29, 0.717) is 11.3 Å². The molecule has 0 aliphatic carbocycles. The molecule has 1 saturated heterocycles. The van der Waals surface area contributed by atoms with Gasteiger partial charge in [-0.25, -0.2) is 0 Å². The number of benzene rings is 3. The van der Waals surface area contributed by atoms with E-state index in [1.807, 2.05) is 61.5 Å². The van der Waals surface area contributed by atoms with Gasteiger partial charge in [0.25, 0.3) is 0 Å². The maximum absolute atomic E-state index is 12.4. The van der Waals surface area contributed by atoms with E-state index in [1.54, 1.807) is 24.3 Å². The summed E-state index contributed by atoms with van der Waals surface area (Å²) < 4.78 is 11.6. The average molecular weight is 397 g/mol. The van der Waals surface area contributed by atoms with E-state index >= 15 is 0 Å². The summed E-state index contributed by atoms with van der Waals surface area (Å²) in [6, 6.07) is 27.1. The van der Waals surface area contributed by atoms with Crippen LogP contribution in [0, 0.1) is 11.3 Å². The lowest BCUT2D eigenvalue weighted by Crippen LogP contribution is -2.42. The normalized spacial score (nSPS) is 22.9. The summed E-state index contributed by atoms with van der Waals surface area (Å²) in [5.41, 5.74) is 0.559. The highest BCUT2D eigenvalue weighted by atomic mass is 16.6. The minimum Gasteiger partial charge on any atom is -0.457 e. The molecular formula is C26H23NO3. The van der Waals surface area contributed by atoms with Crippen molar-refractivity contribution in [2.45, 2.75) is 37.7 Å². The van der Waals surface area contributed by atoms with Crippen LogP contribution in [-0.2, 0) is 27.0 Å². The van der Waals surface area contributed by atoms with Crippen LogP contribution in [0.15, 0.2) is 78.9 Å². The molecule has 3 aromatic rings. The Bertz CT molecular complexity index is 1080. The van der Waals surface area contributed by atoms with Crippen LogP contribution >= 0.6 is 0 Å². The minimum absolute atomic E-state index is 0.147. The molecule has 4 heteroatoms. The Hall–Kier alpha value is -3.58. The van der Waals surface area contributed by atoms with E-state index in [4.69, 9.17) is 9.47 Å². The Morgan fingerprint density at radius 3 is 2.13 bits per heavy atom. The number of ether oxygens (including phenoxy) is 2. The Labute approximate surface area is 176 Å². The van der Waals surface area contributed by atoms with Crippen molar-refractivity contribution >= 4 is 5.97 Å². The number of cyclic esters (lactones) is 1. The second-order valence-electron chi connectivity index (χ2n) is 7.77. The largest absolute Gasteiger partial charge is 0.457 e. The number of nitriles is 1. The maximum atomic E-state index is 12.4. The number of hydrogen-bond acceptors (Lipinski definition) is 4. The number of para-hydroxylation sites is 1. The zero-order chi connectivity index (χ0) is 21.2. The second kappa shape index (κ2) is 7.68. The van der Waals surface area contributed by atoms with E-state index in [1.165, 1.54) is 5.56 Å².